The van der Waals surface area contributed by atoms with Gasteiger partial charge in [-0.25, -0.2) is 4.98 Å². The van der Waals surface area contributed by atoms with E-state index in [0.717, 1.165) is 18.4 Å². The van der Waals surface area contributed by atoms with Gasteiger partial charge in [0.1, 0.15) is 0 Å². The van der Waals surface area contributed by atoms with Crippen LogP contribution in [0.2, 0.25) is 18.1 Å². The number of fused-ring (bicyclic) bond motifs is 1. The molecule has 0 spiro atoms. The van der Waals surface area contributed by atoms with E-state index < -0.39 is 14.3 Å². The van der Waals surface area contributed by atoms with E-state index in [2.05, 4.69) is 44.9 Å². The van der Waals surface area contributed by atoms with Gasteiger partial charge in [-0.15, -0.1) is 0 Å². The molecule has 0 radical (unpaired) electrons. The molecule has 1 aromatic carbocycles. The summed E-state index contributed by atoms with van der Waals surface area (Å²) in [4.78, 5) is 3.80. The van der Waals surface area contributed by atoms with Crippen LogP contribution >= 0.6 is 0 Å². The van der Waals surface area contributed by atoms with Crippen molar-refractivity contribution in [2.45, 2.75) is 57.8 Å². The molecular formula is C20H26FNOSi. The number of rotatable bonds is 3. The summed E-state index contributed by atoms with van der Waals surface area (Å²) >= 11 is 0. The summed E-state index contributed by atoms with van der Waals surface area (Å²) in [6.07, 6.45) is 3.52. The van der Waals surface area contributed by atoms with Crippen LogP contribution in [0.15, 0.2) is 36.5 Å². The fourth-order valence-electron chi connectivity index (χ4n) is 3.11. The third kappa shape index (κ3) is 3.05. The third-order valence-electron chi connectivity index (χ3n) is 5.51. The van der Waals surface area contributed by atoms with Crippen LogP contribution in [0, 0.1) is 5.95 Å². The van der Waals surface area contributed by atoms with Crippen molar-refractivity contribution in [3.8, 4) is 11.1 Å². The zero-order chi connectivity index (χ0) is 17.5. The Morgan fingerprint density at radius 2 is 1.83 bits per heavy atom. The van der Waals surface area contributed by atoms with E-state index in [1.165, 1.54) is 17.3 Å². The van der Waals surface area contributed by atoms with E-state index in [9.17, 15) is 4.39 Å². The molecule has 1 unspecified atom stereocenters. The molecule has 2 nitrogen and oxygen atoms in total. The number of benzene rings is 1. The second kappa shape index (κ2) is 6.08. The molecule has 4 heteroatoms. The van der Waals surface area contributed by atoms with Gasteiger partial charge in [-0.2, -0.15) is 4.39 Å². The Bertz CT molecular complexity index is 752. The monoisotopic (exact) mass is 343 g/mol. The van der Waals surface area contributed by atoms with Crippen molar-refractivity contribution in [3.05, 3.63) is 53.6 Å². The van der Waals surface area contributed by atoms with Crippen LogP contribution in [-0.2, 0) is 10.8 Å². The van der Waals surface area contributed by atoms with Crippen LogP contribution < -0.4 is 0 Å². The average molecular weight is 344 g/mol. The standard InChI is InChI=1S/C20H26FNOSi/c1-20(2,3)24(4,5)23-18-12-11-15-14(8-6-9-16(15)18)17-10-7-13-22-19(17)21/h6-10,13,18H,11-12H2,1-5H3. The number of nitrogens with zero attached hydrogens (tertiary/aromatic N) is 1. The maximum Gasteiger partial charge on any atom is 0.220 e. The quantitative estimate of drug-likeness (QED) is 0.511. The first-order chi connectivity index (χ1) is 11.2. The smallest absolute Gasteiger partial charge is 0.220 e. The normalized spacial score (nSPS) is 17.8. The minimum Gasteiger partial charge on any atom is -0.410 e. The Balaban J connectivity index is 1.97. The first-order valence-electron chi connectivity index (χ1n) is 8.61. The van der Waals surface area contributed by atoms with Crippen LogP contribution in [0.3, 0.4) is 0 Å². The Labute approximate surface area is 145 Å². The molecule has 0 N–H and O–H groups in total. The Morgan fingerprint density at radius 3 is 2.50 bits per heavy atom. The molecule has 0 fully saturated rings. The second-order valence-electron chi connectivity index (χ2n) is 8.12. The fourth-order valence-corrected chi connectivity index (χ4v) is 4.42. The highest BCUT2D eigenvalue weighted by atomic mass is 28.4. The molecule has 1 aliphatic rings. The highest BCUT2D eigenvalue weighted by molar-refractivity contribution is 6.74. The van der Waals surface area contributed by atoms with Crippen molar-refractivity contribution in [3.63, 3.8) is 0 Å². The average Bonchev–Trinajstić information content (AvgIpc) is 2.89. The topological polar surface area (TPSA) is 22.1 Å². The largest absolute Gasteiger partial charge is 0.410 e. The van der Waals surface area contributed by atoms with E-state index in [1.807, 2.05) is 12.1 Å². The van der Waals surface area contributed by atoms with E-state index >= 15 is 0 Å². The molecule has 24 heavy (non-hydrogen) atoms. The molecule has 1 heterocycles. The van der Waals surface area contributed by atoms with E-state index in [1.54, 1.807) is 12.1 Å². The molecule has 0 aliphatic heterocycles. The van der Waals surface area contributed by atoms with Gasteiger partial charge in [-0.1, -0.05) is 39.0 Å². The van der Waals surface area contributed by atoms with Crippen LogP contribution in [0.25, 0.3) is 11.1 Å². The van der Waals surface area contributed by atoms with Crippen molar-refractivity contribution in [2.75, 3.05) is 0 Å². The van der Waals surface area contributed by atoms with Crippen molar-refractivity contribution >= 4 is 8.32 Å². The summed E-state index contributed by atoms with van der Waals surface area (Å²) in [6.45, 7) is 11.4. The van der Waals surface area contributed by atoms with E-state index in [0.29, 0.717) is 5.56 Å². The minimum atomic E-state index is -1.83. The van der Waals surface area contributed by atoms with Crippen LogP contribution in [0.1, 0.15) is 44.4 Å². The molecule has 0 bridgehead atoms. The maximum absolute atomic E-state index is 14.1. The predicted octanol–water partition coefficient (Wildman–Crippen LogP) is 5.90. The Kier molecular flexibility index (Phi) is 4.39. The molecule has 0 amide bonds. The van der Waals surface area contributed by atoms with Crippen molar-refractivity contribution in [1.82, 2.24) is 4.98 Å². The lowest BCUT2D eigenvalue weighted by molar-refractivity contribution is 0.185. The molecule has 1 atom stereocenters. The molecule has 1 aromatic heterocycles. The number of hydrogen-bond donors (Lipinski definition) is 0. The molecule has 0 saturated carbocycles. The van der Waals surface area contributed by atoms with Crippen LogP contribution in [0.4, 0.5) is 4.39 Å². The van der Waals surface area contributed by atoms with E-state index in [4.69, 9.17) is 4.43 Å². The highest BCUT2D eigenvalue weighted by Gasteiger charge is 2.41. The third-order valence-corrected chi connectivity index (χ3v) is 9.99. The Hall–Kier alpha value is -1.52. The lowest BCUT2D eigenvalue weighted by atomic mass is 9.97. The second-order valence-corrected chi connectivity index (χ2v) is 12.9. The summed E-state index contributed by atoms with van der Waals surface area (Å²) in [5.74, 6) is -0.403. The van der Waals surface area contributed by atoms with Gasteiger partial charge in [0.25, 0.3) is 0 Å². The molecule has 0 saturated heterocycles. The minimum absolute atomic E-state index is 0.126. The van der Waals surface area contributed by atoms with Gasteiger partial charge < -0.3 is 4.43 Å². The van der Waals surface area contributed by atoms with Gasteiger partial charge in [0.15, 0.2) is 8.32 Å². The summed E-state index contributed by atoms with van der Waals surface area (Å²) in [7, 11) is -1.83. The van der Waals surface area contributed by atoms with Crippen molar-refractivity contribution < 1.29 is 8.82 Å². The van der Waals surface area contributed by atoms with Crippen molar-refractivity contribution in [2.24, 2.45) is 0 Å². The number of hydrogen-bond acceptors (Lipinski definition) is 2. The van der Waals surface area contributed by atoms with Crippen LogP contribution in [0.5, 0.6) is 0 Å². The number of pyridine rings is 1. The summed E-state index contributed by atoms with van der Waals surface area (Å²) < 4.78 is 20.8. The lowest BCUT2D eigenvalue weighted by Gasteiger charge is -2.38. The molecular weight excluding hydrogens is 317 g/mol. The van der Waals surface area contributed by atoms with Gasteiger partial charge >= 0.3 is 0 Å². The number of aromatic nitrogens is 1. The number of halogens is 1. The van der Waals surface area contributed by atoms with Crippen molar-refractivity contribution in [1.29, 1.82) is 0 Å². The maximum atomic E-state index is 14.1. The lowest BCUT2D eigenvalue weighted by Crippen LogP contribution is -2.41. The molecule has 2 aromatic rings. The van der Waals surface area contributed by atoms with Gasteiger partial charge in [-0.05, 0) is 59.8 Å². The Morgan fingerprint density at radius 1 is 1.12 bits per heavy atom. The van der Waals surface area contributed by atoms with Gasteiger partial charge in [-0.3, -0.25) is 0 Å². The SMILES string of the molecule is CC(C)(C)[Si](C)(C)OC1CCc2c(-c3cccnc3F)cccc21. The fraction of sp³-hybridized carbons (Fsp3) is 0.450. The van der Waals surface area contributed by atoms with Crippen LogP contribution in [-0.4, -0.2) is 13.3 Å². The van der Waals surface area contributed by atoms with Gasteiger partial charge in [0.05, 0.1) is 6.10 Å². The van der Waals surface area contributed by atoms with E-state index in [-0.39, 0.29) is 11.1 Å². The molecule has 1 aliphatic carbocycles. The summed E-state index contributed by atoms with van der Waals surface area (Å²) in [5, 5.41) is 0.183. The van der Waals surface area contributed by atoms with Gasteiger partial charge in [0, 0.05) is 11.8 Å². The molecule has 3 rings (SSSR count). The predicted molar refractivity (Wildman–Crippen MR) is 99.0 cm³/mol. The first-order valence-corrected chi connectivity index (χ1v) is 11.5. The molecule has 128 valence electrons. The highest BCUT2D eigenvalue weighted by Crippen LogP contribution is 2.45. The van der Waals surface area contributed by atoms with Gasteiger partial charge in [0.2, 0.25) is 5.95 Å². The zero-order valence-electron chi connectivity index (χ0n) is 15.2. The summed E-state index contributed by atoms with van der Waals surface area (Å²) in [6, 6.07) is 9.73. The zero-order valence-corrected chi connectivity index (χ0v) is 16.2. The first kappa shape index (κ1) is 17.3. The summed E-state index contributed by atoms with van der Waals surface area (Å²) in [5.41, 5.74) is 3.98.